The van der Waals surface area contributed by atoms with Gasteiger partial charge in [-0.15, -0.1) is 0 Å². The van der Waals surface area contributed by atoms with Gasteiger partial charge in [0.1, 0.15) is 0 Å². The quantitative estimate of drug-likeness (QED) is 0.411. The van der Waals surface area contributed by atoms with E-state index in [9.17, 15) is 9.90 Å². The molecule has 1 aliphatic heterocycles. The fraction of sp³-hybridized carbons (Fsp3) is 0.154. The van der Waals surface area contributed by atoms with Gasteiger partial charge in [0.2, 0.25) is 0 Å². The number of aliphatic hydroxyl groups excluding tert-OH is 1. The number of hydrogen-bond donors (Lipinski definition) is 1. The molecular weight excluding hydrogens is 404 g/mol. The first-order valence-corrected chi connectivity index (χ1v) is 11.1. The molecule has 5 heteroatoms. The Morgan fingerprint density at radius 1 is 0.871 bits per heavy atom. The fourth-order valence-electron chi connectivity index (χ4n) is 3.36. The van der Waals surface area contributed by atoms with Crippen molar-refractivity contribution in [2.24, 2.45) is 4.99 Å². The minimum atomic E-state index is -0.0655. The minimum Gasteiger partial charge on any atom is -0.392 e. The van der Waals surface area contributed by atoms with Crippen LogP contribution in [-0.4, -0.2) is 22.7 Å². The van der Waals surface area contributed by atoms with Crippen LogP contribution in [0.2, 0.25) is 0 Å². The van der Waals surface area contributed by atoms with Gasteiger partial charge in [0, 0.05) is 6.54 Å². The van der Waals surface area contributed by atoms with Crippen LogP contribution in [0.25, 0.3) is 6.08 Å². The number of carbonyl (C=O) groups is 1. The van der Waals surface area contributed by atoms with Gasteiger partial charge in [-0.1, -0.05) is 72.8 Å². The van der Waals surface area contributed by atoms with E-state index in [1.54, 1.807) is 4.90 Å². The highest BCUT2D eigenvalue weighted by Gasteiger charge is 2.34. The highest BCUT2D eigenvalue weighted by molar-refractivity contribution is 8.19. The third-order valence-electron chi connectivity index (χ3n) is 4.99. The molecule has 0 aliphatic carbocycles. The number of anilines is 1. The van der Waals surface area contributed by atoms with E-state index in [-0.39, 0.29) is 12.5 Å². The van der Waals surface area contributed by atoms with E-state index in [0.717, 1.165) is 29.7 Å². The van der Waals surface area contributed by atoms with E-state index in [1.807, 2.05) is 78.9 Å². The van der Waals surface area contributed by atoms with Gasteiger partial charge < -0.3 is 5.11 Å². The Labute approximate surface area is 187 Å². The number of carbonyl (C=O) groups excluding carboxylic acids is 1. The molecule has 1 N–H and O–H groups in total. The minimum absolute atomic E-state index is 0.00606. The maximum atomic E-state index is 13.2. The fourth-order valence-corrected chi connectivity index (χ4v) is 4.36. The molecule has 0 aromatic heterocycles. The lowest BCUT2D eigenvalue weighted by atomic mass is 10.1. The lowest BCUT2D eigenvalue weighted by Crippen LogP contribution is -2.29. The Kier molecular flexibility index (Phi) is 6.97. The number of aliphatic imine (C=N–C) groups is 1. The summed E-state index contributed by atoms with van der Waals surface area (Å²) in [6, 6.07) is 27.6. The highest BCUT2D eigenvalue weighted by Crippen LogP contribution is 2.36. The van der Waals surface area contributed by atoms with Gasteiger partial charge >= 0.3 is 0 Å². The van der Waals surface area contributed by atoms with E-state index in [1.165, 1.54) is 17.3 Å². The number of aliphatic hydroxyl groups is 1. The van der Waals surface area contributed by atoms with Crippen LogP contribution in [-0.2, 0) is 17.8 Å². The molecule has 4 nitrogen and oxygen atoms in total. The van der Waals surface area contributed by atoms with Crippen molar-refractivity contribution in [3.8, 4) is 0 Å². The zero-order valence-electron chi connectivity index (χ0n) is 17.1. The van der Waals surface area contributed by atoms with Gasteiger partial charge in [0.05, 0.1) is 17.2 Å². The van der Waals surface area contributed by atoms with Crippen LogP contribution in [0.5, 0.6) is 0 Å². The summed E-state index contributed by atoms with van der Waals surface area (Å²) in [4.78, 5) is 20.3. The highest BCUT2D eigenvalue weighted by atomic mass is 32.2. The van der Waals surface area contributed by atoms with Crippen LogP contribution in [0.3, 0.4) is 0 Å². The lowest BCUT2D eigenvalue weighted by Gasteiger charge is -2.15. The summed E-state index contributed by atoms with van der Waals surface area (Å²) >= 11 is 1.41. The molecule has 3 aromatic carbocycles. The average Bonchev–Trinajstić information content (AvgIpc) is 3.13. The molecule has 0 bridgehead atoms. The van der Waals surface area contributed by atoms with Crippen molar-refractivity contribution in [2.45, 2.75) is 19.4 Å². The van der Waals surface area contributed by atoms with Crippen molar-refractivity contribution >= 4 is 34.6 Å². The van der Waals surface area contributed by atoms with E-state index in [0.29, 0.717) is 16.6 Å². The Hall–Kier alpha value is -3.15. The number of aryl methyl sites for hydroxylation is 1. The van der Waals surface area contributed by atoms with Crippen molar-refractivity contribution in [1.29, 1.82) is 0 Å². The molecular formula is C26H24N2O2S. The van der Waals surface area contributed by atoms with Gasteiger partial charge in [-0.3, -0.25) is 14.7 Å². The number of para-hydroxylation sites is 1. The lowest BCUT2D eigenvalue weighted by molar-refractivity contribution is -0.113. The van der Waals surface area contributed by atoms with Crippen molar-refractivity contribution < 1.29 is 9.90 Å². The molecule has 0 atom stereocenters. The molecule has 0 unspecified atom stereocenters. The summed E-state index contributed by atoms with van der Waals surface area (Å²) in [5.74, 6) is -0.0655. The van der Waals surface area contributed by atoms with E-state index in [4.69, 9.17) is 4.99 Å². The number of amidine groups is 1. The normalized spacial score (nSPS) is 16.4. The van der Waals surface area contributed by atoms with Crippen molar-refractivity contribution in [1.82, 2.24) is 0 Å². The first-order chi connectivity index (χ1) is 15.2. The molecule has 1 amide bonds. The maximum Gasteiger partial charge on any atom is 0.271 e. The molecule has 4 rings (SSSR count). The Balaban J connectivity index is 1.54. The van der Waals surface area contributed by atoms with Gasteiger partial charge in [-0.25, -0.2) is 0 Å². The van der Waals surface area contributed by atoms with Crippen molar-refractivity contribution in [3.63, 3.8) is 0 Å². The number of benzene rings is 3. The third kappa shape index (κ3) is 5.32. The van der Waals surface area contributed by atoms with Crippen molar-refractivity contribution in [2.75, 3.05) is 11.4 Å². The zero-order valence-corrected chi connectivity index (χ0v) is 18.0. The van der Waals surface area contributed by atoms with E-state index >= 15 is 0 Å². The van der Waals surface area contributed by atoms with Crippen LogP contribution in [0.4, 0.5) is 5.69 Å². The first-order valence-electron chi connectivity index (χ1n) is 10.3. The number of hydrogen-bond acceptors (Lipinski definition) is 4. The number of nitrogens with zero attached hydrogens (tertiary/aromatic N) is 2. The SMILES string of the molecule is O=C1/C(=C/c2ccc(CO)cc2)SC(=NCCCc2ccccc2)N1c1ccccc1. The molecule has 156 valence electrons. The van der Waals surface area contributed by atoms with Crippen LogP contribution >= 0.6 is 11.8 Å². The standard InChI is InChI=1S/C26H24N2O2S/c29-19-22-15-13-21(14-16-22)18-24-25(30)28(23-11-5-2-6-12-23)26(31-24)27-17-7-10-20-8-3-1-4-9-20/h1-6,8-9,11-16,18,29H,7,10,17,19H2/b24-18-,27-26?. The average molecular weight is 429 g/mol. The van der Waals surface area contributed by atoms with Crippen molar-refractivity contribution in [3.05, 3.63) is 107 Å². The Morgan fingerprint density at radius 3 is 2.23 bits per heavy atom. The summed E-state index contributed by atoms with van der Waals surface area (Å²) < 4.78 is 0. The molecule has 0 radical (unpaired) electrons. The number of amides is 1. The molecule has 3 aromatic rings. The first kappa shape index (κ1) is 21.1. The molecule has 0 spiro atoms. The second-order valence-electron chi connectivity index (χ2n) is 7.24. The summed E-state index contributed by atoms with van der Waals surface area (Å²) in [6.45, 7) is 0.665. The zero-order chi connectivity index (χ0) is 21.5. The molecule has 1 saturated heterocycles. The second-order valence-corrected chi connectivity index (χ2v) is 8.25. The van der Waals surface area contributed by atoms with Crippen LogP contribution < -0.4 is 4.90 Å². The largest absolute Gasteiger partial charge is 0.392 e. The van der Waals surface area contributed by atoms with Gasteiger partial charge in [0.15, 0.2) is 5.17 Å². The third-order valence-corrected chi connectivity index (χ3v) is 6.00. The molecule has 1 heterocycles. The molecule has 1 fully saturated rings. The predicted molar refractivity (Wildman–Crippen MR) is 129 cm³/mol. The smallest absolute Gasteiger partial charge is 0.271 e. The maximum absolute atomic E-state index is 13.2. The second kappa shape index (κ2) is 10.2. The molecule has 31 heavy (non-hydrogen) atoms. The monoisotopic (exact) mass is 428 g/mol. The van der Waals surface area contributed by atoms with Gasteiger partial charge in [-0.2, -0.15) is 0 Å². The van der Waals surface area contributed by atoms with Crippen LogP contribution in [0.15, 0.2) is 94.8 Å². The van der Waals surface area contributed by atoms with Crippen LogP contribution in [0.1, 0.15) is 23.1 Å². The van der Waals surface area contributed by atoms with Crippen LogP contribution in [0, 0.1) is 0 Å². The van der Waals surface area contributed by atoms with E-state index < -0.39 is 0 Å². The van der Waals surface area contributed by atoms with Gasteiger partial charge in [-0.05, 0) is 59.5 Å². The summed E-state index contributed by atoms with van der Waals surface area (Å²) in [6.07, 6.45) is 3.77. The number of rotatable bonds is 7. The Morgan fingerprint density at radius 2 is 1.55 bits per heavy atom. The summed E-state index contributed by atoms with van der Waals surface area (Å²) in [5.41, 5.74) is 3.89. The molecule has 0 saturated carbocycles. The number of thioether (sulfide) groups is 1. The Bertz CT molecular complexity index is 1080. The predicted octanol–water partition coefficient (Wildman–Crippen LogP) is 5.29. The summed E-state index contributed by atoms with van der Waals surface area (Å²) in [5, 5.41) is 9.94. The van der Waals surface area contributed by atoms with Gasteiger partial charge in [0.25, 0.3) is 5.91 Å². The summed E-state index contributed by atoms with van der Waals surface area (Å²) in [7, 11) is 0. The topological polar surface area (TPSA) is 52.9 Å². The van der Waals surface area contributed by atoms with E-state index in [2.05, 4.69) is 12.1 Å². The molecule has 1 aliphatic rings.